The van der Waals surface area contributed by atoms with Crippen LogP contribution in [0.2, 0.25) is 0 Å². The Bertz CT molecular complexity index is 174. The van der Waals surface area contributed by atoms with Crippen molar-refractivity contribution in [2.45, 2.75) is 38.4 Å². The van der Waals surface area contributed by atoms with Gasteiger partial charge >= 0.3 is 0 Å². The largest absolute Gasteiger partial charge is 0.217 e. The molecule has 1 unspecified atom stereocenters. The van der Waals surface area contributed by atoms with Crippen LogP contribution in [0.5, 0.6) is 0 Å². The highest BCUT2D eigenvalue weighted by Crippen LogP contribution is 2.17. The summed E-state index contributed by atoms with van der Waals surface area (Å²) in [6.07, 6.45) is 2.37. The first-order valence-corrected chi connectivity index (χ1v) is 6.84. The zero-order chi connectivity index (χ0) is 8.20. The molecule has 0 saturated carbocycles. The van der Waals surface area contributed by atoms with Crippen LogP contribution in [0.4, 0.5) is 0 Å². The predicted molar refractivity (Wildman–Crippen MR) is 46.8 cm³/mol. The van der Waals surface area contributed by atoms with Crippen molar-refractivity contribution in [2.24, 2.45) is 0 Å². The smallest absolute Gasteiger partial charge is 0.212 e. The van der Waals surface area contributed by atoms with Gasteiger partial charge in [-0.2, -0.15) is 0 Å². The van der Waals surface area contributed by atoms with Crippen LogP contribution in [0, 0.1) is 0 Å². The molecule has 0 bridgehead atoms. The molecule has 0 aliphatic carbocycles. The zero-order valence-corrected chi connectivity index (χ0v) is 8.70. The fourth-order valence-corrected chi connectivity index (χ4v) is 3.14. The molecule has 0 saturated heterocycles. The molecule has 0 radical (unpaired) electrons. The predicted octanol–water partition coefficient (Wildman–Crippen LogP) is 2.29. The van der Waals surface area contributed by atoms with E-state index in [1.165, 1.54) is 0 Å². The lowest BCUT2D eigenvalue weighted by molar-refractivity contribution is 0.580. The van der Waals surface area contributed by atoms with Crippen molar-refractivity contribution < 1.29 is 8.42 Å². The van der Waals surface area contributed by atoms with Crippen molar-refractivity contribution in [1.29, 1.82) is 0 Å². The van der Waals surface area contributed by atoms with Gasteiger partial charge in [-0.25, -0.2) is 8.42 Å². The Morgan fingerprint density at radius 2 is 1.90 bits per heavy atom. The second-order valence-electron chi connectivity index (χ2n) is 2.29. The summed E-state index contributed by atoms with van der Waals surface area (Å²) in [5.41, 5.74) is 0. The van der Waals surface area contributed by atoms with Gasteiger partial charge in [-0.15, -0.1) is 0 Å². The minimum absolute atomic E-state index is 0.197. The van der Waals surface area contributed by atoms with Crippen LogP contribution in [0.15, 0.2) is 0 Å². The fraction of sp³-hybridized carbons (Fsp3) is 1.00. The van der Waals surface area contributed by atoms with E-state index in [1.807, 2.05) is 13.8 Å². The standard InChI is InChI=1S/C6H13BrO2S/c1-3-5-6(4-2)10(7,8)9/h6H,3-5H2,1-2H3. The summed E-state index contributed by atoms with van der Waals surface area (Å²) in [5.74, 6) is 0. The molecule has 0 heterocycles. The van der Waals surface area contributed by atoms with Crippen LogP contribution in [0.25, 0.3) is 0 Å². The third-order valence-corrected chi connectivity index (χ3v) is 4.42. The summed E-state index contributed by atoms with van der Waals surface area (Å²) >= 11 is 2.68. The first-order valence-electron chi connectivity index (χ1n) is 3.45. The third-order valence-electron chi connectivity index (χ3n) is 1.46. The molecule has 0 rings (SSSR count). The average molecular weight is 229 g/mol. The highest BCUT2D eigenvalue weighted by Gasteiger charge is 2.18. The van der Waals surface area contributed by atoms with E-state index in [2.05, 4.69) is 14.8 Å². The highest BCUT2D eigenvalue weighted by molar-refractivity contribution is 9.47. The lowest BCUT2D eigenvalue weighted by atomic mass is 10.2. The summed E-state index contributed by atoms with van der Waals surface area (Å²) < 4.78 is 21.7. The Labute approximate surface area is 70.1 Å². The highest BCUT2D eigenvalue weighted by atomic mass is 79.9. The van der Waals surface area contributed by atoms with Crippen LogP contribution >= 0.6 is 14.8 Å². The molecule has 2 nitrogen and oxygen atoms in total. The zero-order valence-electron chi connectivity index (χ0n) is 6.30. The van der Waals surface area contributed by atoms with Crippen LogP contribution < -0.4 is 0 Å². The van der Waals surface area contributed by atoms with Gasteiger partial charge < -0.3 is 0 Å². The lowest BCUT2D eigenvalue weighted by Crippen LogP contribution is -2.13. The van der Waals surface area contributed by atoms with Crippen molar-refractivity contribution >= 4 is 23.1 Å². The number of hydrogen-bond acceptors (Lipinski definition) is 2. The van der Waals surface area contributed by atoms with Crippen LogP contribution in [-0.4, -0.2) is 13.7 Å². The van der Waals surface area contributed by atoms with Crippen molar-refractivity contribution in [3.8, 4) is 0 Å². The molecule has 10 heavy (non-hydrogen) atoms. The molecule has 62 valence electrons. The fourth-order valence-electron chi connectivity index (χ4n) is 0.866. The van der Waals surface area contributed by atoms with Crippen molar-refractivity contribution in [3.63, 3.8) is 0 Å². The monoisotopic (exact) mass is 228 g/mol. The van der Waals surface area contributed by atoms with Gasteiger partial charge in [0.25, 0.3) is 0 Å². The SMILES string of the molecule is CCCC(CC)S(=O)(=O)Br. The summed E-state index contributed by atoms with van der Waals surface area (Å²) in [6, 6.07) is 0. The Hall–Kier alpha value is 0.430. The molecule has 0 aliphatic heterocycles. The Morgan fingerprint density at radius 3 is 2.00 bits per heavy atom. The molecule has 0 aliphatic rings. The van der Waals surface area contributed by atoms with E-state index in [9.17, 15) is 8.42 Å². The van der Waals surface area contributed by atoms with E-state index >= 15 is 0 Å². The van der Waals surface area contributed by atoms with E-state index in [0.29, 0.717) is 6.42 Å². The van der Waals surface area contributed by atoms with Crippen molar-refractivity contribution in [3.05, 3.63) is 0 Å². The molecule has 0 spiro atoms. The number of halogens is 1. The second kappa shape index (κ2) is 4.34. The van der Waals surface area contributed by atoms with E-state index in [1.54, 1.807) is 0 Å². The average Bonchev–Trinajstić information content (AvgIpc) is 1.80. The maximum absolute atomic E-state index is 10.9. The topological polar surface area (TPSA) is 34.1 Å². The van der Waals surface area contributed by atoms with Gasteiger partial charge in [0.1, 0.15) is 0 Å². The first-order chi connectivity index (χ1) is 4.52. The molecular weight excluding hydrogens is 216 g/mol. The second-order valence-corrected chi connectivity index (χ2v) is 6.62. The van der Waals surface area contributed by atoms with E-state index < -0.39 is 8.27 Å². The third kappa shape index (κ3) is 3.56. The maximum Gasteiger partial charge on any atom is 0.212 e. The van der Waals surface area contributed by atoms with Gasteiger partial charge in [0.05, 0.1) is 20.1 Å². The number of rotatable bonds is 4. The van der Waals surface area contributed by atoms with Crippen LogP contribution in [0.1, 0.15) is 33.1 Å². The molecular formula is C6H13BrO2S. The summed E-state index contributed by atoms with van der Waals surface area (Å²) in [6.45, 7) is 3.87. The van der Waals surface area contributed by atoms with E-state index in [4.69, 9.17) is 0 Å². The summed E-state index contributed by atoms with van der Waals surface area (Å²) in [4.78, 5) is 0. The first kappa shape index (κ1) is 10.4. The minimum atomic E-state index is -2.96. The number of hydrogen-bond donors (Lipinski definition) is 0. The van der Waals surface area contributed by atoms with Crippen molar-refractivity contribution in [1.82, 2.24) is 0 Å². The molecule has 0 aromatic heterocycles. The van der Waals surface area contributed by atoms with Crippen molar-refractivity contribution in [2.75, 3.05) is 0 Å². The van der Waals surface area contributed by atoms with Crippen LogP contribution in [-0.2, 0) is 8.27 Å². The quantitative estimate of drug-likeness (QED) is 0.693. The lowest BCUT2D eigenvalue weighted by Gasteiger charge is -2.08. The molecule has 0 aromatic rings. The van der Waals surface area contributed by atoms with E-state index in [-0.39, 0.29) is 5.25 Å². The summed E-state index contributed by atoms with van der Waals surface area (Å²) in [5, 5.41) is -0.197. The molecule has 0 fully saturated rings. The van der Waals surface area contributed by atoms with Gasteiger partial charge in [-0.05, 0) is 12.8 Å². The van der Waals surface area contributed by atoms with E-state index in [0.717, 1.165) is 12.8 Å². The molecule has 1 atom stereocenters. The Balaban J connectivity index is 4.08. The normalized spacial score (nSPS) is 15.1. The van der Waals surface area contributed by atoms with Gasteiger partial charge in [-0.3, -0.25) is 0 Å². The molecule has 0 N–H and O–H groups in total. The Kier molecular flexibility index (Phi) is 4.52. The molecule has 0 amide bonds. The van der Waals surface area contributed by atoms with Gasteiger partial charge in [0.15, 0.2) is 0 Å². The molecule has 4 heteroatoms. The van der Waals surface area contributed by atoms with Crippen LogP contribution in [0.3, 0.4) is 0 Å². The summed E-state index contributed by atoms with van der Waals surface area (Å²) in [7, 11) is -2.96. The van der Waals surface area contributed by atoms with Gasteiger partial charge in [-0.1, -0.05) is 20.3 Å². The Morgan fingerprint density at radius 1 is 1.40 bits per heavy atom. The molecule has 0 aromatic carbocycles. The van der Waals surface area contributed by atoms with Gasteiger partial charge in [0, 0.05) is 0 Å². The maximum atomic E-state index is 10.9. The minimum Gasteiger partial charge on any atom is -0.217 e. The van der Waals surface area contributed by atoms with Gasteiger partial charge in [0.2, 0.25) is 8.27 Å².